The molecule has 0 aliphatic carbocycles. The predicted molar refractivity (Wildman–Crippen MR) is 72.6 cm³/mol. The lowest BCUT2D eigenvalue weighted by Gasteiger charge is -2.17. The molecule has 0 amide bonds. The molecular formula is C13H18ClN3. The van der Waals surface area contributed by atoms with Crippen molar-refractivity contribution in [2.24, 2.45) is 0 Å². The van der Waals surface area contributed by atoms with Gasteiger partial charge in [0.15, 0.2) is 0 Å². The minimum Gasteiger partial charge on any atom is -0.323 e. The molecule has 1 aromatic heterocycles. The van der Waals surface area contributed by atoms with Crippen molar-refractivity contribution in [3.63, 3.8) is 0 Å². The smallest absolute Gasteiger partial charge is 0.127 e. The van der Waals surface area contributed by atoms with Crippen molar-refractivity contribution in [1.82, 2.24) is 14.9 Å². The fourth-order valence-electron chi connectivity index (χ4n) is 2.08. The molecule has 17 heavy (non-hydrogen) atoms. The summed E-state index contributed by atoms with van der Waals surface area (Å²) in [6.45, 7) is 6.40. The Bertz CT molecular complexity index is 531. The summed E-state index contributed by atoms with van der Waals surface area (Å²) in [6.07, 6.45) is 0. The van der Waals surface area contributed by atoms with Crippen molar-refractivity contribution >= 4 is 22.6 Å². The normalized spacial score (nSPS) is 13.5. The summed E-state index contributed by atoms with van der Waals surface area (Å²) >= 11 is 6.29. The van der Waals surface area contributed by atoms with Crippen LogP contribution in [0.15, 0.2) is 18.2 Å². The monoisotopic (exact) mass is 251 g/mol. The van der Waals surface area contributed by atoms with E-state index in [0.717, 1.165) is 21.9 Å². The fraction of sp³-hybridized carbons (Fsp3) is 0.462. The van der Waals surface area contributed by atoms with Crippen LogP contribution in [-0.4, -0.2) is 16.6 Å². The molecule has 0 saturated carbocycles. The van der Waals surface area contributed by atoms with Crippen LogP contribution in [0.3, 0.4) is 0 Å². The van der Waals surface area contributed by atoms with Gasteiger partial charge in [-0.25, -0.2) is 4.98 Å². The van der Waals surface area contributed by atoms with E-state index < -0.39 is 0 Å². The number of aromatic nitrogens is 2. The maximum absolute atomic E-state index is 6.29. The van der Waals surface area contributed by atoms with E-state index in [1.54, 1.807) is 0 Å². The topological polar surface area (TPSA) is 29.9 Å². The number of imidazole rings is 1. The molecule has 92 valence electrons. The molecule has 0 spiro atoms. The highest BCUT2D eigenvalue weighted by Gasteiger charge is 2.18. The predicted octanol–water partition coefficient (Wildman–Crippen LogP) is 3.55. The molecule has 1 N–H and O–H groups in total. The second kappa shape index (κ2) is 4.67. The second-order valence-electron chi connectivity index (χ2n) is 4.55. The van der Waals surface area contributed by atoms with Crippen molar-refractivity contribution in [1.29, 1.82) is 0 Å². The van der Waals surface area contributed by atoms with E-state index in [1.165, 1.54) is 0 Å². The van der Waals surface area contributed by atoms with Gasteiger partial charge in [0, 0.05) is 6.04 Å². The molecule has 1 unspecified atom stereocenters. The van der Waals surface area contributed by atoms with Crippen molar-refractivity contribution in [2.45, 2.75) is 32.9 Å². The van der Waals surface area contributed by atoms with E-state index in [9.17, 15) is 0 Å². The number of rotatable bonds is 3. The molecule has 1 aromatic carbocycles. The minimum atomic E-state index is 0.209. The Morgan fingerprint density at radius 2 is 2.00 bits per heavy atom. The minimum absolute atomic E-state index is 0.209. The van der Waals surface area contributed by atoms with Crippen LogP contribution in [-0.2, 0) is 0 Å². The Balaban J connectivity index is 2.76. The Morgan fingerprint density at radius 1 is 1.29 bits per heavy atom. The number of benzene rings is 1. The molecule has 0 bridgehead atoms. The summed E-state index contributed by atoms with van der Waals surface area (Å²) in [5.41, 5.74) is 1.99. The summed E-state index contributed by atoms with van der Waals surface area (Å²) in [4.78, 5) is 4.68. The fourth-order valence-corrected chi connectivity index (χ4v) is 2.34. The second-order valence-corrected chi connectivity index (χ2v) is 4.96. The Hall–Kier alpha value is -1.06. The van der Waals surface area contributed by atoms with E-state index in [1.807, 2.05) is 25.2 Å². The third kappa shape index (κ3) is 2.05. The van der Waals surface area contributed by atoms with Crippen LogP contribution < -0.4 is 5.32 Å². The van der Waals surface area contributed by atoms with Gasteiger partial charge in [-0.3, -0.25) is 0 Å². The summed E-state index contributed by atoms with van der Waals surface area (Å²) in [5.74, 6) is 1.03. The lowest BCUT2D eigenvalue weighted by atomic mass is 10.2. The van der Waals surface area contributed by atoms with Crippen LogP contribution in [0, 0.1) is 0 Å². The summed E-state index contributed by atoms with van der Waals surface area (Å²) < 4.78 is 2.21. The van der Waals surface area contributed by atoms with Crippen molar-refractivity contribution in [3.8, 4) is 0 Å². The number of fused-ring (bicyclic) bond motifs is 1. The highest BCUT2D eigenvalue weighted by Crippen LogP contribution is 2.29. The zero-order valence-corrected chi connectivity index (χ0v) is 11.4. The average molecular weight is 252 g/mol. The molecular weight excluding hydrogens is 234 g/mol. The van der Waals surface area contributed by atoms with Crippen LogP contribution in [0.1, 0.15) is 38.7 Å². The molecule has 0 saturated heterocycles. The SMILES string of the molecule is CNC(C)c1nc2cccc(Cl)c2n1C(C)C. The number of nitrogens with one attached hydrogen (secondary N) is 1. The lowest BCUT2D eigenvalue weighted by Crippen LogP contribution is -2.18. The van der Waals surface area contributed by atoms with Crippen LogP contribution in [0.2, 0.25) is 5.02 Å². The summed E-state index contributed by atoms with van der Waals surface area (Å²) in [6, 6.07) is 6.41. The molecule has 0 radical (unpaired) electrons. The zero-order valence-electron chi connectivity index (χ0n) is 10.7. The zero-order chi connectivity index (χ0) is 12.6. The van der Waals surface area contributed by atoms with Gasteiger partial charge in [-0.15, -0.1) is 0 Å². The molecule has 0 aliphatic heterocycles. The van der Waals surface area contributed by atoms with E-state index in [-0.39, 0.29) is 6.04 Å². The third-order valence-corrected chi connectivity index (χ3v) is 3.33. The van der Waals surface area contributed by atoms with Crippen LogP contribution in [0.4, 0.5) is 0 Å². The molecule has 1 heterocycles. The van der Waals surface area contributed by atoms with E-state index in [4.69, 9.17) is 11.6 Å². The largest absolute Gasteiger partial charge is 0.323 e. The average Bonchev–Trinajstić information content (AvgIpc) is 2.68. The molecule has 0 fully saturated rings. The highest BCUT2D eigenvalue weighted by atomic mass is 35.5. The number of nitrogens with zero attached hydrogens (tertiary/aromatic N) is 2. The van der Waals surface area contributed by atoms with E-state index >= 15 is 0 Å². The Labute approximate surface area is 107 Å². The van der Waals surface area contributed by atoms with Gasteiger partial charge in [0.1, 0.15) is 5.82 Å². The maximum Gasteiger partial charge on any atom is 0.127 e. The molecule has 2 aromatic rings. The van der Waals surface area contributed by atoms with Gasteiger partial charge in [-0.05, 0) is 40.0 Å². The molecule has 1 atom stereocenters. The van der Waals surface area contributed by atoms with Gasteiger partial charge in [0.05, 0.1) is 22.1 Å². The van der Waals surface area contributed by atoms with Crippen molar-refractivity contribution in [2.75, 3.05) is 7.05 Å². The van der Waals surface area contributed by atoms with Gasteiger partial charge in [0.2, 0.25) is 0 Å². The number of hydrogen-bond acceptors (Lipinski definition) is 2. The van der Waals surface area contributed by atoms with Crippen LogP contribution >= 0.6 is 11.6 Å². The van der Waals surface area contributed by atoms with E-state index in [2.05, 4.69) is 35.6 Å². The van der Waals surface area contributed by atoms with Crippen LogP contribution in [0.25, 0.3) is 11.0 Å². The quantitative estimate of drug-likeness (QED) is 0.904. The van der Waals surface area contributed by atoms with E-state index in [0.29, 0.717) is 6.04 Å². The molecule has 4 heteroatoms. The van der Waals surface area contributed by atoms with Crippen LogP contribution in [0.5, 0.6) is 0 Å². The van der Waals surface area contributed by atoms with Crippen molar-refractivity contribution in [3.05, 3.63) is 29.0 Å². The standard InChI is InChI=1S/C13H18ClN3/c1-8(2)17-12-10(14)6-5-7-11(12)16-13(17)9(3)15-4/h5-9,15H,1-4H3. The maximum atomic E-state index is 6.29. The first-order valence-electron chi connectivity index (χ1n) is 5.90. The number of hydrogen-bond donors (Lipinski definition) is 1. The number of para-hydroxylation sites is 1. The molecule has 0 aliphatic rings. The van der Waals surface area contributed by atoms with Gasteiger partial charge < -0.3 is 9.88 Å². The van der Waals surface area contributed by atoms with Gasteiger partial charge >= 0.3 is 0 Å². The van der Waals surface area contributed by atoms with Gasteiger partial charge in [0.25, 0.3) is 0 Å². The molecule has 2 rings (SSSR count). The summed E-state index contributed by atoms with van der Waals surface area (Å²) in [7, 11) is 1.94. The van der Waals surface area contributed by atoms with Gasteiger partial charge in [-0.1, -0.05) is 17.7 Å². The molecule has 3 nitrogen and oxygen atoms in total. The number of halogens is 1. The first-order chi connectivity index (χ1) is 8.06. The first kappa shape index (κ1) is 12.4. The summed E-state index contributed by atoms with van der Waals surface area (Å²) in [5, 5.41) is 3.99. The lowest BCUT2D eigenvalue weighted by molar-refractivity contribution is 0.521. The first-order valence-corrected chi connectivity index (χ1v) is 6.27. The third-order valence-electron chi connectivity index (χ3n) is 3.02. The Kier molecular flexibility index (Phi) is 3.40. The highest BCUT2D eigenvalue weighted by molar-refractivity contribution is 6.35. The Morgan fingerprint density at radius 3 is 2.59 bits per heavy atom. The van der Waals surface area contributed by atoms with Gasteiger partial charge in [-0.2, -0.15) is 0 Å². The van der Waals surface area contributed by atoms with Crippen molar-refractivity contribution < 1.29 is 0 Å².